The number of thiophene rings is 1. The third-order valence-electron chi connectivity index (χ3n) is 1.54. The van der Waals surface area contributed by atoms with Gasteiger partial charge in [-0.2, -0.15) is 10.5 Å². The number of hydrogen-bond donors (Lipinski definition) is 1. The van der Waals surface area contributed by atoms with Gasteiger partial charge in [0.05, 0.1) is 0 Å². The molecule has 0 fully saturated rings. The molecule has 0 aromatic carbocycles. The van der Waals surface area contributed by atoms with Crippen LogP contribution in [0.1, 0.15) is 10.7 Å². The lowest BCUT2D eigenvalue weighted by Gasteiger charge is -1.87. The van der Waals surface area contributed by atoms with E-state index in [0.717, 1.165) is 4.88 Å². The summed E-state index contributed by atoms with van der Waals surface area (Å²) in [5.41, 5.74) is 0.404. The number of tetrazole rings is 1. The fourth-order valence-electron chi connectivity index (χ4n) is 0.938. The Morgan fingerprint density at radius 2 is 2.57 bits per heavy atom. The minimum Gasteiger partial charge on any atom is -0.192 e. The Morgan fingerprint density at radius 3 is 3.14 bits per heavy atom. The van der Waals surface area contributed by atoms with Crippen LogP contribution in [0.4, 0.5) is 0 Å². The summed E-state index contributed by atoms with van der Waals surface area (Å²) in [5.74, 6) is 0.320. The van der Waals surface area contributed by atoms with Crippen LogP contribution in [0.2, 0.25) is 0 Å². The van der Waals surface area contributed by atoms with Crippen molar-refractivity contribution >= 4 is 23.0 Å². The molecule has 0 radical (unpaired) electrons. The number of hydrogen-bond acceptors (Lipinski definition) is 5. The van der Waals surface area contributed by atoms with Crippen LogP contribution < -0.4 is 0 Å². The number of rotatable bonds is 2. The van der Waals surface area contributed by atoms with Crippen LogP contribution in [0.3, 0.4) is 0 Å². The fraction of sp³-hybridized carbons (Fsp3) is 0. The number of aromatic nitrogens is 4. The molecule has 2 rings (SSSR count). The van der Waals surface area contributed by atoms with Gasteiger partial charge >= 0.3 is 0 Å². The molecule has 2 aromatic rings. The quantitative estimate of drug-likeness (QED) is 0.747. The number of H-pyrrole nitrogens is 1. The normalized spacial score (nSPS) is 11.2. The van der Waals surface area contributed by atoms with Crippen LogP contribution in [-0.2, 0) is 0 Å². The van der Waals surface area contributed by atoms with Gasteiger partial charge in [0.1, 0.15) is 11.6 Å². The lowest BCUT2D eigenvalue weighted by Crippen LogP contribution is -1.84. The first-order valence-corrected chi connectivity index (χ1v) is 4.67. The zero-order valence-electron chi connectivity index (χ0n) is 7.01. The van der Waals surface area contributed by atoms with Crippen LogP contribution in [0.5, 0.6) is 0 Å². The van der Waals surface area contributed by atoms with E-state index in [0.29, 0.717) is 11.4 Å². The van der Waals surface area contributed by atoms with Gasteiger partial charge in [0.15, 0.2) is 0 Å². The second-order valence-electron chi connectivity index (χ2n) is 2.42. The minimum absolute atomic E-state index is 0.320. The van der Waals surface area contributed by atoms with Gasteiger partial charge in [0, 0.05) is 4.88 Å². The maximum atomic E-state index is 8.86. The third-order valence-corrected chi connectivity index (χ3v) is 2.36. The summed E-state index contributed by atoms with van der Waals surface area (Å²) in [6, 6.07) is 5.86. The number of nitrogens with zero attached hydrogens (tertiary/aromatic N) is 4. The van der Waals surface area contributed by atoms with Crippen molar-refractivity contribution in [1.82, 2.24) is 20.6 Å². The molecule has 0 saturated carbocycles. The average Bonchev–Trinajstić information content (AvgIpc) is 2.86. The molecule has 0 bridgehead atoms. The van der Waals surface area contributed by atoms with E-state index in [9.17, 15) is 0 Å². The SMILES string of the molecule is N#CC(=Cc1cccs1)c1nn[nH]n1. The Balaban J connectivity index is 2.37. The first kappa shape index (κ1) is 8.59. The van der Waals surface area contributed by atoms with Crippen LogP contribution >= 0.6 is 11.3 Å². The van der Waals surface area contributed by atoms with Crippen molar-refractivity contribution in [3.05, 3.63) is 28.2 Å². The molecule has 6 heteroatoms. The molecule has 5 nitrogen and oxygen atoms in total. The van der Waals surface area contributed by atoms with E-state index in [1.807, 2.05) is 23.6 Å². The molecule has 0 saturated heterocycles. The first-order chi connectivity index (χ1) is 6.90. The summed E-state index contributed by atoms with van der Waals surface area (Å²) in [6.45, 7) is 0. The molecule has 1 N–H and O–H groups in total. The number of nitriles is 1. The van der Waals surface area contributed by atoms with Crippen molar-refractivity contribution in [2.75, 3.05) is 0 Å². The smallest absolute Gasteiger partial charge is 0.192 e. The predicted molar refractivity (Wildman–Crippen MR) is 52.0 cm³/mol. The summed E-state index contributed by atoms with van der Waals surface area (Å²) in [4.78, 5) is 0.992. The lowest BCUT2D eigenvalue weighted by atomic mass is 10.2. The van der Waals surface area contributed by atoms with Crippen molar-refractivity contribution in [2.24, 2.45) is 0 Å². The Labute approximate surface area is 83.7 Å². The largest absolute Gasteiger partial charge is 0.215 e. The Kier molecular flexibility index (Phi) is 2.34. The van der Waals surface area contributed by atoms with Gasteiger partial charge in [-0.3, -0.25) is 0 Å². The Morgan fingerprint density at radius 1 is 1.64 bits per heavy atom. The number of allylic oxidation sites excluding steroid dienone is 1. The molecule has 0 amide bonds. The first-order valence-electron chi connectivity index (χ1n) is 3.79. The number of aromatic amines is 1. The molecule has 68 valence electrons. The topological polar surface area (TPSA) is 78.2 Å². The molecule has 2 heterocycles. The van der Waals surface area contributed by atoms with E-state index < -0.39 is 0 Å². The Hall–Kier alpha value is -2.00. The summed E-state index contributed by atoms with van der Waals surface area (Å²) in [6.07, 6.45) is 1.73. The summed E-state index contributed by atoms with van der Waals surface area (Å²) in [5, 5.41) is 24.0. The third kappa shape index (κ3) is 1.67. The summed E-state index contributed by atoms with van der Waals surface area (Å²) in [7, 11) is 0. The van der Waals surface area contributed by atoms with E-state index in [-0.39, 0.29) is 0 Å². The summed E-state index contributed by atoms with van der Waals surface area (Å²) < 4.78 is 0. The van der Waals surface area contributed by atoms with Gasteiger partial charge in [0.25, 0.3) is 0 Å². The molecule has 0 aliphatic rings. The van der Waals surface area contributed by atoms with Gasteiger partial charge in [-0.05, 0) is 22.7 Å². The molecule has 0 aliphatic carbocycles. The van der Waals surface area contributed by atoms with Gasteiger partial charge in [-0.25, -0.2) is 0 Å². The highest BCUT2D eigenvalue weighted by Crippen LogP contribution is 2.16. The van der Waals surface area contributed by atoms with E-state index >= 15 is 0 Å². The highest BCUT2D eigenvalue weighted by molar-refractivity contribution is 7.10. The molecule has 0 atom stereocenters. The zero-order valence-corrected chi connectivity index (χ0v) is 7.82. The molecule has 0 aliphatic heterocycles. The molecule has 0 unspecified atom stereocenters. The molecule has 2 aromatic heterocycles. The van der Waals surface area contributed by atoms with Crippen molar-refractivity contribution in [1.29, 1.82) is 5.26 Å². The molecule has 14 heavy (non-hydrogen) atoms. The highest BCUT2D eigenvalue weighted by atomic mass is 32.1. The van der Waals surface area contributed by atoms with Gasteiger partial charge in [-0.1, -0.05) is 6.07 Å². The van der Waals surface area contributed by atoms with Gasteiger partial charge < -0.3 is 0 Å². The maximum absolute atomic E-state index is 8.86. The highest BCUT2D eigenvalue weighted by Gasteiger charge is 2.05. The van der Waals surface area contributed by atoms with Crippen LogP contribution in [0.25, 0.3) is 11.6 Å². The maximum Gasteiger partial charge on any atom is 0.215 e. The van der Waals surface area contributed by atoms with Gasteiger partial charge in [-0.15, -0.1) is 21.5 Å². The van der Waals surface area contributed by atoms with Crippen LogP contribution in [-0.4, -0.2) is 20.6 Å². The van der Waals surface area contributed by atoms with E-state index in [1.54, 1.807) is 17.4 Å². The minimum atomic E-state index is 0.320. The van der Waals surface area contributed by atoms with Gasteiger partial charge in [0.2, 0.25) is 5.82 Å². The van der Waals surface area contributed by atoms with Crippen molar-refractivity contribution in [2.45, 2.75) is 0 Å². The van der Waals surface area contributed by atoms with Crippen LogP contribution in [0, 0.1) is 11.3 Å². The van der Waals surface area contributed by atoms with E-state index in [2.05, 4.69) is 20.6 Å². The van der Waals surface area contributed by atoms with Crippen molar-refractivity contribution in [3.63, 3.8) is 0 Å². The second kappa shape index (κ2) is 3.81. The predicted octanol–water partition coefficient (Wildman–Crippen LogP) is 1.33. The van der Waals surface area contributed by atoms with Crippen molar-refractivity contribution in [3.8, 4) is 6.07 Å². The van der Waals surface area contributed by atoms with Crippen LogP contribution in [0.15, 0.2) is 17.5 Å². The van der Waals surface area contributed by atoms with Crippen molar-refractivity contribution < 1.29 is 0 Å². The molecular formula is C8H5N5S. The lowest BCUT2D eigenvalue weighted by molar-refractivity contribution is 0.881. The summed E-state index contributed by atoms with van der Waals surface area (Å²) >= 11 is 1.55. The molecular weight excluding hydrogens is 198 g/mol. The number of nitrogens with one attached hydrogen (secondary N) is 1. The zero-order chi connectivity index (χ0) is 9.80. The standard InChI is InChI=1S/C8H5N5S/c9-5-6(8-10-12-13-11-8)4-7-2-1-3-14-7/h1-4H,(H,10,11,12,13). The average molecular weight is 203 g/mol. The second-order valence-corrected chi connectivity index (χ2v) is 3.40. The Bertz CT molecular complexity index is 462. The molecule has 0 spiro atoms. The van der Waals surface area contributed by atoms with E-state index in [1.165, 1.54) is 0 Å². The fourth-order valence-corrected chi connectivity index (χ4v) is 1.60. The monoisotopic (exact) mass is 203 g/mol. The van der Waals surface area contributed by atoms with E-state index in [4.69, 9.17) is 5.26 Å².